The fourth-order valence-corrected chi connectivity index (χ4v) is 4.03. The first-order valence-corrected chi connectivity index (χ1v) is 11.8. The Bertz CT molecular complexity index is 1410. The SMILES string of the molecule is CCOC(=O)c1cccc(NC(=O)c2ccc(-n3nc(Sc4ccc(C)cc4)ccc3=O)cc2)c1. The molecule has 0 aliphatic heterocycles. The summed E-state index contributed by atoms with van der Waals surface area (Å²) >= 11 is 1.46. The third kappa shape index (κ3) is 6.04. The summed E-state index contributed by atoms with van der Waals surface area (Å²) < 4.78 is 6.30. The molecule has 3 aromatic carbocycles. The van der Waals surface area contributed by atoms with E-state index in [1.54, 1.807) is 61.5 Å². The highest BCUT2D eigenvalue weighted by molar-refractivity contribution is 7.99. The Morgan fingerprint density at radius 1 is 0.943 bits per heavy atom. The van der Waals surface area contributed by atoms with Crippen LogP contribution in [0, 0.1) is 6.92 Å². The van der Waals surface area contributed by atoms with Crippen LogP contribution in [-0.4, -0.2) is 28.3 Å². The Balaban J connectivity index is 1.49. The third-order valence-electron chi connectivity index (χ3n) is 5.02. The smallest absolute Gasteiger partial charge is 0.338 e. The number of hydrogen-bond acceptors (Lipinski definition) is 6. The Hall–Kier alpha value is -4.17. The minimum absolute atomic E-state index is 0.271. The number of amides is 1. The van der Waals surface area contributed by atoms with Crippen molar-refractivity contribution in [1.82, 2.24) is 9.78 Å². The number of aromatic nitrogens is 2. The Kier molecular flexibility index (Phi) is 7.42. The molecule has 0 fully saturated rings. The van der Waals surface area contributed by atoms with E-state index in [-0.39, 0.29) is 18.1 Å². The van der Waals surface area contributed by atoms with Crippen LogP contribution in [-0.2, 0) is 4.74 Å². The molecule has 0 saturated carbocycles. The maximum atomic E-state index is 12.7. The molecule has 0 spiro atoms. The molecule has 0 atom stereocenters. The van der Waals surface area contributed by atoms with Gasteiger partial charge in [-0.15, -0.1) is 0 Å². The molecule has 7 nitrogen and oxygen atoms in total. The van der Waals surface area contributed by atoms with Crippen molar-refractivity contribution in [3.63, 3.8) is 0 Å². The number of esters is 1. The molecule has 1 N–H and O–H groups in total. The van der Waals surface area contributed by atoms with Crippen molar-refractivity contribution in [2.45, 2.75) is 23.8 Å². The second kappa shape index (κ2) is 10.8. The standard InChI is InChI=1S/C27H23N3O4S/c1-3-34-27(33)20-5-4-6-21(17-20)28-26(32)19-9-11-22(12-10-19)30-25(31)16-15-24(29-30)35-23-13-7-18(2)8-14-23/h4-17H,3H2,1-2H3,(H,28,32). The van der Waals surface area contributed by atoms with Crippen LogP contribution in [0.25, 0.3) is 5.69 Å². The summed E-state index contributed by atoms with van der Waals surface area (Å²) in [6.45, 7) is 4.03. The molecule has 1 heterocycles. The van der Waals surface area contributed by atoms with Crippen LogP contribution in [0.3, 0.4) is 0 Å². The normalized spacial score (nSPS) is 10.6. The number of aryl methyl sites for hydroxylation is 1. The summed E-state index contributed by atoms with van der Waals surface area (Å²) in [6.07, 6.45) is 0. The highest BCUT2D eigenvalue weighted by Gasteiger charge is 2.11. The zero-order chi connectivity index (χ0) is 24.8. The molecule has 0 radical (unpaired) electrons. The molecule has 0 aliphatic carbocycles. The lowest BCUT2D eigenvalue weighted by Gasteiger charge is -2.09. The van der Waals surface area contributed by atoms with E-state index in [0.29, 0.717) is 27.5 Å². The number of carbonyl (C=O) groups is 2. The topological polar surface area (TPSA) is 90.3 Å². The van der Waals surface area contributed by atoms with E-state index in [4.69, 9.17) is 4.74 Å². The highest BCUT2D eigenvalue weighted by Crippen LogP contribution is 2.25. The molecule has 0 bridgehead atoms. The Labute approximate surface area is 206 Å². The van der Waals surface area contributed by atoms with E-state index in [0.717, 1.165) is 4.90 Å². The predicted octanol–water partition coefficient (Wildman–Crippen LogP) is 5.12. The molecule has 1 aromatic heterocycles. The molecular weight excluding hydrogens is 462 g/mol. The second-order valence-corrected chi connectivity index (χ2v) is 8.73. The molecule has 0 aliphatic rings. The first kappa shape index (κ1) is 24.0. The summed E-state index contributed by atoms with van der Waals surface area (Å²) in [4.78, 5) is 38.1. The molecule has 0 saturated heterocycles. The van der Waals surface area contributed by atoms with Gasteiger partial charge in [0.25, 0.3) is 11.5 Å². The molecule has 4 rings (SSSR count). The lowest BCUT2D eigenvalue weighted by Crippen LogP contribution is -2.20. The van der Waals surface area contributed by atoms with Gasteiger partial charge in [0, 0.05) is 22.2 Å². The van der Waals surface area contributed by atoms with Gasteiger partial charge in [-0.2, -0.15) is 9.78 Å². The summed E-state index contributed by atoms with van der Waals surface area (Å²) in [6, 6.07) is 24.3. The van der Waals surface area contributed by atoms with E-state index >= 15 is 0 Å². The minimum Gasteiger partial charge on any atom is -0.462 e. The Morgan fingerprint density at radius 3 is 2.40 bits per heavy atom. The summed E-state index contributed by atoms with van der Waals surface area (Å²) in [7, 11) is 0. The van der Waals surface area contributed by atoms with E-state index < -0.39 is 5.97 Å². The maximum absolute atomic E-state index is 12.7. The minimum atomic E-state index is -0.450. The van der Waals surface area contributed by atoms with Crippen molar-refractivity contribution >= 4 is 29.3 Å². The van der Waals surface area contributed by atoms with Crippen molar-refractivity contribution in [3.8, 4) is 5.69 Å². The quantitative estimate of drug-likeness (QED) is 0.366. The van der Waals surface area contributed by atoms with Crippen LogP contribution in [0.5, 0.6) is 0 Å². The van der Waals surface area contributed by atoms with Crippen molar-refractivity contribution in [3.05, 3.63) is 112 Å². The van der Waals surface area contributed by atoms with Gasteiger partial charge in [0.05, 0.1) is 17.9 Å². The van der Waals surface area contributed by atoms with Crippen LogP contribution in [0.15, 0.2) is 99.6 Å². The first-order chi connectivity index (χ1) is 16.9. The van der Waals surface area contributed by atoms with E-state index in [1.165, 1.54) is 28.1 Å². The van der Waals surface area contributed by atoms with Gasteiger partial charge < -0.3 is 10.1 Å². The lowest BCUT2D eigenvalue weighted by molar-refractivity contribution is 0.0526. The predicted molar refractivity (Wildman–Crippen MR) is 135 cm³/mol. The van der Waals surface area contributed by atoms with Gasteiger partial charge in [0.2, 0.25) is 0 Å². The molecule has 35 heavy (non-hydrogen) atoms. The number of benzene rings is 3. The summed E-state index contributed by atoms with van der Waals surface area (Å²) in [5, 5.41) is 7.92. The van der Waals surface area contributed by atoms with Gasteiger partial charge in [0.1, 0.15) is 5.03 Å². The average molecular weight is 486 g/mol. The molecule has 8 heteroatoms. The van der Waals surface area contributed by atoms with E-state index in [2.05, 4.69) is 10.4 Å². The third-order valence-corrected chi connectivity index (χ3v) is 5.96. The number of hydrogen-bond donors (Lipinski definition) is 1. The lowest BCUT2D eigenvalue weighted by atomic mass is 10.1. The number of ether oxygens (including phenoxy) is 1. The van der Waals surface area contributed by atoms with Gasteiger partial charge in [-0.05, 0) is 74.5 Å². The molecule has 4 aromatic rings. The molecule has 1 amide bonds. The zero-order valence-electron chi connectivity index (χ0n) is 19.2. The average Bonchev–Trinajstić information content (AvgIpc) is 2.87. The van der Waals surface area contributed by atoms with Gasteiger partial charge in [-0.1, -0.05) is 35.5 Å². The largest absolute Gasteiger partial charge is 0.462 e. The van der Waals surface area contributed by atoms with Gasteiger partial charge in [0.15, 0.2) is 0 Å². The number of nitrogens with one attached hydrogen (secondary N) is 1. The van der Waals surface area contributed by atoms with Crippen molar-refractivity contribution < 1.29 is 14.3 Å². The number of nitrogens with zero attached hydrogens (tertiary/aromatic N) is 2. The van der Waals surface area contributed by atoms with Gasteiger partial charge in [-0.3, -0.25) is 9.59 Å². The summed E-state index contributed by atoms with van der Waals surface area (Å²) in [5.74, 6) is -0.796. The molecule has 0 unspecified atom stereocenters. The van der Waals surface area contributed by atoms with Crippen molar-refractivity contribution in [2.24, 2.45) is 0 Å². The number of anilines is 1. The Morgan fingerprint density at radius 2 is 1.69 bits per heavy atom. The maximum Gasteiger partial charge on any atom is 0.338 e. The fourth-order valence-electron chi connectivity index (χ4n) is 3.26. The van der Waals surface area contributed by atoms with Crippen LogP contribution in [0.4, 0.5) is 5.69 Å². The van der Waals surface area contributed by atoms with Crippen LogP contribution in [0.2, 0.25) is 0 Å². The van der Waals surface area contributed by atoms with Gasteiger partial charge in [-0.25, -0.2) is 4.79 Å². The molecule has 176 valence electrons. The van der Waals surface area contributed by atoms with Crippen LogP contribution >= 0.6 is 11.8 Å². The first-order valence-electron chi connectivity index (χ1n) is 11.0. The van der Waals surface area contributed by atoms with E-state index in [9.17, 15) is 14.4 Å². The van der Waals surface area contributed by atoms with Crippen LogP contribution < -0.4 is 10.9 Å². The monoisotopic (exact) mass is 485 g/mol. The highest BCUT2D eigenvalue weighted by atomic mass is 32.2. The van der Waals surface area contributed by atoms with Crippen LogP contribution in [0.1, 0.15) is 33.2 Å². The second-order valence-electron chi connectivity index (χ2n) is 7.64. The molecular formula is C27H23N3O4S. The van der Waals surface area contributed by atoms with E-state index in [1.807, 2.05) is 31.2 Å². The summed E-state index contributed by atoms with van der Waals surface area (Å²) in [5.41, 5.74) is 2.67. The van der Waals surface area contributed by atoms with Gasteiger partial charge >= 0.3 is 5.97 Å². The fraction of sp³-hybridized carbons (Fsp3) is 0.111. The zero-order valence-corrected chi connectivity index (χ0v) is 20.0. The number of rotatable bonds is 7. The number of carbonyl (C=O) groups excluding carboxylic acids is 2. The van der Waals surface area contributed by atoms with Crippen molar-refractivity contribution in [1.29, 1.82) is 0 Å². The van der Waals surface area contributed by atoms with Crippen molar-refractivity contribution in [2.75, 3.05) is 11.9 Å².